The van der Waals surface area contributed by atoms with E-state index in [4.69, 9.17) is 9.47 Å². The minimum Gasteiger partial charge on any atom is -0.504 e. The summed E-state index contributed by atoms with van der Waals surface area (Å²) < 4.78 is 10.7. The van der Waals surface area contributed by atoms with Gasteiger partial charge < -0.3 is 14.6 Å². The Morgan fingerprint density at radius 1 is 1.27 bits per heavy atom. The summed E-state index contributed by atoms with van der Waals surface area (Å²) in [4.78, 5) is 12.1. The van der Waals surface area contributed by atoms with Crippen LogP contribution in [-0.4, -0.2) is 30.9 Å². The van der Waals surface area contributed by atoms with Gasteiger partial charge in [0.2, 0.25) is 5.91 Å². The second-order valence-corrected chi connectivity index (χ2v) is 6.89. The van der Waals surface area contributed by atoms with Gasteiger partial charge in [-0.05, 0) is 74.1 Å². The molecule has 0 fully saturated rings. The van der Waals surface area contributed by atoms with Crippen molar-refractivity contribution in [2.75, 3.05) is 13.7 Å². The molecule has 0 saturated carbocycles. The topological polar surface area (TPSA) is 80.2 Å². The van der Waals surface area contributed by atoms with Crippen molar-refractivity contribution in [2.45, 2.75) is 39.5 Å². The first-order chi connectivity index (χ1) is 14.5. The van der Waals surface area contributed by atoms with Crippen molar-refractivity contribution in [3.63, 3.8) is 0 Å². The number of hydrogen-bond donors (Lipinski definition) is 2. The molecule has 0 heterocycles. The molecule has 0 bridgehead atoms. The molecule has 0 aliphatic carbocycles. The number of ether oxygens (including phenoxy) is 2. The van der Waals surface area contributed by atoms with E-state index < -0.39 is 0 Å². The SMILES string of the molecule is C=CCc1cc(C=NNC(=O)CCCc2ccc(OC)cc2C)cc(OCC)c1O. The Balaban J connectivity index is 1.90. The van der Waals surface area contributed by atoms with Crippen LogP contribution in [0.25, 0.3) is 0 Å². The maximum Gasteiger partial charge on any atom is 0.240 e. The first-order valence-corrected chi connectivity index (χ1v) is 10.0. The van der Waals surface area contributed by atoms with Crippen molar-refractivity contribution in [1.29, 1.82) is 0 Å². The summed E-state index contributed by atoms with van der Waals surface area (Å²) in [5, 5.41) is 14.3. The van der Waals surface area contributed by atoms with Gasteiger partial charge in [0.25, 0.3) is 0 Å². The normalized spacial score (nSPS) is 10.8. The van der Waals surface area contributed by atoms with E-state index in [1.165, 1.54) is 5.56 Å². The lowest BCUT2D eigenvalue weighted by molar-refractivity contribution is -0.121. The fraction of sp³-hybridized carbons (Fsp3) is 0.333. The van der Waals surface area contributed by atoms with Gasteiger partial charge in [-0.25, -0.2) is 5.43 Å². The summed E-state index contributed by atoms with van der Waals surface area (Å²) in [7, 11) is 1.65. The van der Waals surface area contributed by atoms with Gasteiger partial charge in [0.15, 0.2) is 11.5 Å². The van der Waals surface area contributed by atoms with E-state index >= 15 is 0 Å². The van der Waals surface area contributed by atoms with Gasteiger partial charge in [-0.3, -0.25) is 4.79 Å². The highest BCUT2D eigenvalue weighted by Crippen LogP contribution is 2.32. The number of hydrazone groups is 1. The number of nitrogens with zero attached hydrogens (tertiary/aromatic N) is 1. The van der Waals surface area contributed by atoms with E-state index in [2.05, 4.69) is 17.1 Å². The molecule has 2 aromatic rings. The van der Waals surface area contributed by atoms with Gasteiger partial charge in [0.05, 0.1) is 19.9 Å². The number of nitrogens with one attached hydrogen (secondary N) is 1. The van der Waals surface area contributed by atoms with Gasteiger partial charge in [0, 0.05) is 12.0 Å². The van der Waals surface area contributed by atoms with Crippen molar-refractivity contribution in [3.05, 3.63) is 65.2 Å². The predicted octanol–water partition coefficient (Wildman–Crippen LogP) is 4.31. The zero-order chi connectivity index (χ0) is 21.9. The number of aryl methyl sites for hydroxylation is 2. The van der Waals surface area contributed by atoms with Gasteiger partial charge in [-0.2, -0.15) is 5.10 Å². The average molecular weight is 411 g/mol. The molecule has 30 heavy (non-hydrogen) atoms. The molecule has 0 saturated heterocycles. The van der Waals surface area contributed by atoms with Crippen LogP contribution in [-0.2, 0) is 17.6 Å². The lowest BCUT2D eigenvalue weighted by Gasteiger charge is -2.10. The van der Waals surface area contributed by atoms with Crippen LogP contribution in [0.5, 0.6) is 17.2 Å². The van der Waals surface area contributed by atoms with Crippen molar-refractivity contribution in [2.24, 2.45) is 5.10 Å². The average Bonchev–Trinajstić information content (AvgIpc) is 2.72. The third-order valence-corrected chi connectivity index (χ3v) is 4.64. The molecular formula is C24H30N2O4. The highest BCUT2D eigenvalue weighted by molar-refractivity contribution is 5.83. The Morgan fingerprint density at radius 2 is 2.07 bits per heavy atom. The summed E-state index contributed by atoms with van der Waals surface area (Å²) in [6.07, 6.45) is 5.67. The lowest BCUT2D eigenvalue weighted by atomic mass is 10.0. The number of aromatic hydroxyl groups is 1. The molecular weight excluding hydrogens is 380 g/mol. The second-order valence-electron chi connectivity index (χ2n) is 6.89. The van der Waals surface area contributed by atoms with Crippen molar-refractivity contribution >= 4 is 12.1 Å². The van der Waals surface area contributed by atoms with Crippen LogP contribution < -0.4 is 14.9 Å². The molecule has 0 aliphatic heterocycles. The molecule has 2 rings (SSSR count). The van der Waals surface area contributed by atoms with Crippen LogP contribution in [0.3, 0.4) is 0 Å². The summed E-state index contributed by atoms with van der Waals surface area (Å²) in [6.45, 7) is 8.03. The number of phenols is 1. The van der Waals surface area contributed by atoms with E-state index in [1.54, 1.807) is 31.5 Å². The third-order valence-electron chi connectivity index (χ3n) is 4.64. The minimum atomic E-state index is -0.146. The summed E-state index contributed by atoms with van der Waals surface area (Å²) in [5.74, 6) is 1.18. The van der Waals surface area contributed by atoms with E-state index in [0.717, 1.165) is 29.7 Å². The van der Waals surface area contributed by atoms with Gasteiger partial charge in [0.1, 0.15) is 5.75 Å². The minimum absolute atomic E-state index is 0.103. The molecule has 0 unspecified atom stereocenters. The van der Waals surface area contributed by atoms with Crippen molar-refractivity contribution in [3.8, 4) is 17.2 Å². The number of methoxy groups -OCH3 is 1. The predicted molar refractivity (Wildman–Crippen MR) is 120 cm³/mol. The summed E-state index contributed by atoms with van der Waals surface area (Å²) in [5.41, 5.74) is 6.33. The molecule has 6 nitrogen and oxygen atoms in total. The smallest absolute Gasteiger partial charge is 0.240 e. The largest absolute Gasteiger partial charge is 0.504 e. The maximum absolute atomic E-state index is 12.1. The Labute approximate surface area is 178 Å². The fourth-order valence-electron chi connectivity index (χ4n) is 3.09. The fourth-order valence-corrected chi connectivity index (χ4v) is 3.09. The zero-order valence-electron chi connectivity index (χ0n) is 17.9. The number of hydrogen-bond acceptors (Lipinski definition) is 5. The van der Waals surface area contributed by atoms with Crippen molar-refractivity contribution in [1.82, 2.24) is 5.43 Å². The van der Waals surface area contributed by atoms with Crippen LogP contribution in [0.15, 0.2) is 48.1 Å². The standard InChI is InChI=1S/C24H30N2O4/c1-5-8-20-14-18(15-22(24(20)28)30-6-2)16-25-26-23(27)10-7-9-19-11-12-21(29-4)13-17(19)3/h5,11-16,28H,1,6-10H2,2-4H3,(H,26,27). The lowest BCUT2D eigenvalue weighted by Crippen LogP contribution is -2.17. The Hall–Kier alpha value is -3.28. The molecule has 0 atom stereocenters. The van der Waals surface area contributed by atoms with Crippen LogP contribution in [0.4, 0.5) is 0 Å². The summed E-state index contributed by atoms with van der Waals surface area (Å²) in [6, 6.07) is 9.44. The Kier molecular flexibility index (Phi) is 8.94. The Morgan fingerprint density at radius 3 is 2.73 bits per heavy atom. The molecule has 6 heteroatoms. The van der Waals surface area contributed by atoms with Crippen LogP contribution in [0.1, 0.15) is 42.0 Å². The molecule has 1 amide bonds. The van der Waals surface area contributed by atoms with Gasteiger partial charge in [-0.1, -0.05) is 12.1 Å². The van der Waals surface area contributed by atoms with Crippen molar-refractivity contribution < 1.29 is 19.4 Å². The van der Waals surface area contributed by atoms with Gasteiger partial charge in [-0.15, -0.1) is 6.58 Å². The van der Waals surface area contributed by atoms with E-state index in [-0.39, 0.29) is 11.7 Å². The number of rotatable bonds is 11. The number of amides is 1. The molecule has 0 radical (unpaired) electrons. The molecule has 160 valence electrons. The highest BCUT2D eigenvalue weighted by atomic mass is 16.5. The quantitative estimate of drug-likeness (QED) is 0.329. The molecule has 0 spiro atoms. The van der Waals surface area contributed by atoms with E-state index in [0.29, 0.717) is 30.8 Å². The number of phenolic OH excluding ortho intramolecular Hbond substituents is 1. The Bertz CT molecular complexity index is 906. The second kappa shape index (κ2) is 11.7. The number of benzene rings is 2. The third kappa shape index (κ3) is 6.65. The number of carbonyl (C=O) groups excluding carboxylic acids is 1. The van der Waals surface area contributed by atoms with E-state index in [1.807, 2.05) is 32.0 Å². The van der Waals surface area contributed by atoms with Crippen LogP contribution >= 0.6 is 0 Å². The van der Waals surface area contributed by atoms with E-state index in [9.17, 15) is 9.90 Å². The first kappa shape index (κ1) is 23.0. The highest BCUT2D eigenvalue weighted by Gasteiger charge is 2.10. The monoisotopic (exact) mass is 410 g/mol. The number of carbonyl (C=O) groups is 1. The first-order valence-electron chi connectivity index (χ1n) is 10.0. The molecule has 0 aliphatic rings. The molecule has 2 aromatic carbocycles. The van der Waals surface area contributed by atoms with Gasteiger partial charge >= 0.3 is 0 Å². The number of allylic oxidation sites excluding steroid dienone is 1. The van der Waals surface area contributed by atoms with Crippen LogP contribution in [0, 0.1) is 6.92 Å². The molecule has 0 aromatic heterocycles. The molecule has 2 N–H and O–H groups in total. The summed E-state index contributed by atoms with van der Waals surface area (Å²) >= 11 is 0. The zero-order valence-corrected chi connectivity index (χ0v) is 17.9. The maximum atomic E-state index is 12.1. The van der Waals surface area contributed by atoms with Crippen LogP contribution in [0.2, 0.25) is 0 Å².